The first-order valence-corrected chi connectivity index (χ1v) is 6.88. The van der Waals surface area contributed by atoms with Gasteiger partial charge in [-0.2, -0.15) is 0 Å². The average molecular weight is 273 g/mol. The van der Waals surface area contributed by atoms with Crippen LogP contribution in [0.3, 0.4) is 0 Å². The van der Waals surface area contributed by atoms with Crippen molar-refractivity contribution in [2.45, 2.75) is 19.9 Å². The van der Waals surface area contributed by atoms with Gasteiger partial charge >= 0.3 is 0 Å². The minimum Gasteiger partial charge on any atom is -0.496 e. The number of rotatable bonds is 6. The molecule has 0 radical (unpaired) electrons. The molecular formula is C17H20FNO. The third kappa shape index (κ3) is 3.36. The van der Waals surface area contributed by atoms with E-state index >= 15 is 0 Å². The Balaban J connectivity index is 2.39. The average Bonchev–Trinajstić information content (AvgIpc) is 2.48. The van der Waals surface area contributed by atoms with E-state index in [1.54, 1.807) is 13.2 Å². The van der Waals surface area contributed by atoms with E-state index in [0.717, 1.165) is 36.2 Å². The van der Waals surface area contributed by atoms with Gasteiger partial charge in [0.2, 0.25) is 0 Å². The van der Waals surface area contributed by atoms with Crippen LogP contribution in [0.4, 0.5) is 4.39 Å². The SMILES string of the molecule is CCCNCc1ccccc1-c1cc(F)ccc1OC. The Bertz CT molecular complexity index is 569. The van der Waals surface area contributed by atoms with Crippen LogP contribution in [-0.2, 0) is 6.54 Å². The fourth-order valence-corrected chi connectivity index (χ4v) is 2.23. The van der Waals surface area contributed by atoms with Gasteiger partial charge in [0, 0.05) is 12.1 Å². The number of nitrogens with one attached hydrogen (secondary N) is 1. The van der Waals surface area contributed by atoms with Crippen LogP contribution < -0.4 is 10.1 Å². The van der Waals surface area contributed by atoms with Gasteiger partial charge in [-0.15, -0.1) is 0 Å². The van der Waals surface area contributed by atoms with Gasteiger partial charge in [0.1, 0.15) is 11.6 Å². The zero-order valence-corrected chi connectivity index (χ0v) is 11.9. The molecule has 0 atom stereocenters. The lowest BCUT2D eigenvalue weighted by Crippen LogP contribution is -2.14. The number of benzene rings is 2. The Morgan fingerprint density at radius 1 is 1.10 bits per heavy atom. The predicted molar refractivity (Wildman–Crippen MR) is 80.4 cm³/mol. The zero-order valence-electron chi connectivity index (χ0n) is 11.9. The minimum absolute atomic E-state index is 0.253. The van der Waals surface area contributed by atoms with E-state index in [0.29, 0.717) is 5.75 Å². The third-order valence-corrected chi connectivity index (χ3v) is 3.21. The van der Waals surface area contributed by atoms with Gasteiger partial charge < -0.3 is 10.1 Å². The summed E-state index contributed by atoms with van der Waals surface area (Å²) in [5.74, 6) is 0.437. The number of methoxy groups -OCH3 is 1. The molecule has 0 bridgehead atoms. The lowest BCUT2D eigenvalue weighted by molar-refractivity contribution is 0.415. The summed E-state index contributed by atoms with van der Waals surface area (Å²) in [6.45, 7) is 3.87. The van der Waals surface area contributed by atoms with Crippen LogP contribution in [0, 0.1) is 5.82 Å². The highest BCUT2D eigenvalue weighted by molar-refractivity contribution is 5.73. The molecule has 0 heterocycles. The molecule has 0 unspecified atom stereocenters. The van der Waals surface area contributed by atoms with E-state index in [1.165, 1.54) is 12.1 Å². The summed E-state index contributed by atoms with van der Waals surface area (Å²) >= 11 is 0. The zero-order chi connectivity index (χ0) is 14.4. The lowest BCUT2D eigenvalue weighted by Gasteiger charge is -2.13. The van der Waals surface area contributed by atoms with E-state index < -0.39 is 0 Å². The molecule has 2 aromatic rings. The molecule has 20 heavy (non-hydrogen) atoms. The maximum absolute atomic E-state index is 13.5. The molecule has 0 fully saturated rings. The summed E-state index contributed by atoms with van der Waals surface area (Å²) in [7, 11) is 1.61. The molecule has 0 aliphatic heterocycles. The second kappa shape index (κ2) is 7.06. The maximum atomic E-state index is 13.5. The molecule has 0 aliphatic rings. The van der Waals surface area contributed by atoms with Crippen molar-refractivity contribution in [2.24, 2.45) is 0 Å². The summed E-state index contributed by atoms with van der Waals surface area (Å²) in [5, 5.41) is 3.38. The van der Waals surface area contributed by atoms with Crippen molar-refractivity contribution in [3.8, 4) is 16.9 Å². The van der Waals surface area contributed by atoms with E-state index in [2.05, 4.69) is 18.3 Å². The Morgan fingerprint density at radius 3 is 2.65 bits per heavy atom. The Labute approximate surface area is 119 Å². The molecule has 106 valence electrons. The number of hydrogen-bond donors (Lipinski definition) is 1. The Hall–Kier alpha value is -1.87. The fraction of sp³-hybridized carbons (Fsp3) is 0.294. The molecule has 3 heteroatoms. The Kier molecular flexibility index (Phi) is 5.13. The third-order valence-electron chi connectivity index (χ3n) is 3.21. The van der Waals surface area contributed by atoms with Gasteiger partial charge in [0.25, 0.3) is 0 Å². The second-order valence-corrected chi connectivity index (χ2v) is 4.68. The van der Waals surface area contributed by atoms with Crippen LogP contribution in [0.25, 0.3) is 11.1 Å². The number of halogens is 1. The van der Waals surface area contributed by atoms with Gasteiger partial charge in [-0.1, -0.05) is 31.2 Å². The van der Waals surface area contributed by atoms with E-state index in [1.807, 2.05) is 18.2 Å². The highest BCUT2D eigenvalue weighted by Gasteiger charge is 2.10. The minimum atomic E-state index is -0.253. The molecular weight excluding hydrogens is 253 g/mol. The molecule has 2 aromatic carbocycles. The van der Waals surface area contributed by atoms with Gasteiger partial charge in [-0.3, -0.25) is 0 Å². The van der Waals surface area contributed by atoms with E-state index in [4.69, 9.17) is 4.74 Å². The summed E-state index contributed by atoms with van der Waals surface area (Å²) in [4.78, 5) is 0. The molecule has 0 saturated heterocycles. The highest BCUT2D eigenvalue weighted by Crippen LogP contribution is 2.32. The summed E-state index contributed by atoms with van der Waals surface area (Å²) < 4.78 is 18.9. The van der Waals surface area contributed by atoms with Crippen LogP contribution in [0.2, 0.25) is 0 Å². The van der Waals surface area contributed by atoms with Crippen LogP contribution >= 0.6 is 0 Å². The monoisotopic (exact) mass is 273 g/mol. The largest absolute Gasteiger partial charge is 0.496 e. The van der Waals surface area contributed by atoms with Crippen molar-refractivity contribution in [3.63, 3.8) is 0 Å². The molecule has 0 spiro atoms. The van der Waals surface area contributed by atoms with Crippen LogP contribution in [-0.4, -0.2) is 13.7 Å². The molecule has 2 rings (SSSR count). The van der Waals surface area contributed by atoms with Crippen molar-refractivity contribution >= 4 is 0 Å². The standard InChI is InChI=1S/C17H20FNO/c1-3-10-19-12-13-6-4-5-7-15(13)16-11-14(18)8-9-17(16)20-2/h4-9,11,19H,3,10,12H2,1-2H3. The lowest BCUT2D eigenvalue weighted by atomic mass is 9.98. The van der Waals surface area contributed by atoms with E-state index in [-0.39, 0.29) is 5.82 Å². The van der Waals surface area contributed by atoms with Crippen molar-refractivity contribution in [1.29, 1.82) is 0 Å². The van der Waals surface area contributed by atoms with Crippen molar-refractivity contribution in [3.05, 3.63) is 53.8 Å². The topological polar surface area (TPSA) is 21.3 Å². The second-order valence-electron chi connectivity index (χ2n) is 4.68. The van der Waals surface area contributed by atoms with Gasteiger partial charge in [-0.25, -0.2) is 4.39 Å². The van der Waals surface area contributed by atoms with Gasteiger partial charge in [-0.05, 0) is 42.3 Å². The smallest absolute Gasteiger partial charge is 0.126 e. The van der Waals surface area contributed by atoms with Crippen molar-refractivity contribution < 1.29 is 9.13 Å². The number of hydrogen-bond acceptors (Lipinski definition) is 2. The molecule has 0 aliphatic carbocycles. The summed E-state index contributed by atoms with van der Waals surface area (Å²) in [6.07, 6.45) is 1.09. The molecule has 2 nitrogen and oxygen atoms in total. The van der Waals surface area contributed by atoms with E-state index in [9.17, 15) is 4.39 Å². The van der Waals surface area contributed by atoms with Crippen LogP contribution in [0.15, 0.2) is 42.5 Å². The van der Waals surface area contributed by atoms with Crippen molar-refractivity contribution in [1.82, 2.24) is 5.32 Å². The quantitative estimate of drug-likeness (QED) is 0.803. The first-order chi connectivity index (χ1) is 9.76. The molecule has 1 N–H and O–H groups in total. The molecule has 0 amide bonds. The normalized spacial score (nSPS) is 10.6. The molecule has 0 aromatic heterocycles. The van der Waals surface area contributed by atoms with Crippen LogP contribution in [0.5, 0.6) is 5.75 Å². The summed E-state index contributed by atoms with van der Waals surface area (Å²) in [6, 6.07) is 12.6. The Morgan fingerprint density at radius 2 is 1.90 bits per heavy atom. The number of ether oxygens (including phenoxy) is 1. The first kappa shape index (κ1) is 14.5. The van der Waals surface area contributed by atoms with Gasteiger partial charge in [0.05, 0.1) is 7.11 Å². The predicted octanol–water partition coefficient (Wildman–Crippen LogP) is 4.00. The van der Waals surface area contributed by atoms with Crippen molar-refractivity contribution in [2.75, 3.05) is 13.7 Å². The van der Waals surface area contributed by atoms with Crippen LogP contribution in [0.1, 0.15) is 18.9 Å². The summed E-state index contributed by atoms with van der Waals surface area (Å²) in [5.41, 5.74) is 2.94. The first-order valence-electron chi connectivity index (χ1n) is 6.88. The fourth-order valence-electron chi connectivity index (χ4n) is 2.23. The maximum Gasteiger partial charge on any atom is 0.126 e. The van der Waals surface area contributed by atoms with Gasteiger partial charge in [0.15, 0.2) is 0 Å². The highest BCUT2D eigenvalue weighted by atomic mass is 19.1. The molecule has 0 saturated carbocycles.